The first-order chi connectivity index (χ1) is 9.16. The highest BCUT2D eigenvalue weighted by atomic mass is 16.4. The largest absolute Gasteiger partial charge is 0.488 e. The van der Waals surface area contributed by atoms with Crippen molar-refractivity contribution < 1.29 is 14.8 Å². The monoisotopic (exact) mass is 258 g/mol. The molecule has 1 aliphatic rings. The van der Waals surface area contributed by atoms with E-state index in [0.717, 1.165) is 5.69 Å². The van der Waals surface area contributed by atoms with Gasteiger partial charge >= 0.3 is 7.12 Å². The third-order valence-electron chi connectivity index (χ3n) is 3.05. The molecule has 1 aliphatic heterocycles. The van der Waals surface area contributed by atoms with Crippen molar-refractivity contribution >= 4 is 18.5 Å². The van der Waals surface area contributed by atoms with Crippen molar-refractivity contribution in [3.8, 4) is 5.82 Å². The van der Waals surface area contributed by atoms with E-state index in [0.29, 0.717) is 29.8 Å². The van der Waals surface area contributed by atoms with Gasteiger partial charge in [-0.25, -0.2) is 9.67 Å². The molecule has 2 aromatic heterocycles. The van der Waals surface area contributed by atoms with Crippen molar-refractivity contribution in [1.82, 2.24) is 20.1 Å². The molecule has 0 aromatic carbocycles. The van der Waals surface area contributed by atoms with Crippen LogP contribution in [0.2, 0.25) is 0 Å². The van der Waals surface area contributed by atoms with Crippen LogP contribution in [0.4, 0.5) is 0 Å². The van der Waals surface area contributed by atoms with E-state index >= 15 is 0 Å². The number of carbonyl (C=O) groups excluding carboxylic acids is 1. The van der Waals surface area contributed by atoms with E-state index in [1.54, 1.807) is 4.68 Å². The number of nitrogens with one attached hydrogen (secondary N) is 1. The Morgan fingerprint density at radius 2 is 2.26 bits per heavy atom. The lowest BCUT2D eigenvalue weighted by Crippen LogP contribution is -2.33. The van der Waals surface area contributed by atoms with Crippen LogP contribution in [0.3, 0.4) is 0 Å². The topological polar surface area (TPSA) is 100 Å². The second kappa shape index (κ2) is 4.49. The minimum atomic E-state index is -1.56. The van der Waals surface area contributed by atoms with Crippen LogP contribution < -0.4 is 10.8 Å². The number of amides is 1. The quantitative estimate of drug-likeness (QED) is 0.554. The second-order valence-electron chi connectivity index (χ2n) is 4.24. The lowest BCUT2D eigenvalue weighted by molar-refractivity contribution is 0.0945. The summed E-state index contributed by atoms with van der Waals surface area (Å²) in [5.41, 5.74) is 1.64. The Morgan fingerprint density at radius 3 is 3.05 bits per heavy atom. The predicted molar refractivity (Wildman–Crippen MR) is 67.2 cm³/mol. The van der Waals surface area contributed by atoms with Gasteiger partial charge in [0.05, 0.1) is 17.5 Å². The lowest BCUT2D eigenvalue weighted by atomic mass is 9.81. The maximum absolute atomic E-state index is 11.6. The van der Waals surface area contributed by atoms with Crippen molar-refractivity contribution in [2.75, 3.05) is 6.54 Å². The van der Waals surface area contributed by atoms with Gasteiger partial charge in [0.25, 0.3) is 5.91 Å². The molecular weight excluding hydrogens is 247 g/mol. The minimum absolute atomic E-state index is 0.147. The van der Waals surface area contributed by atoms with Gasteiger partial charge < -0.3 is 15.4 Å². The van der Waals surface area contributed by atoms with Gasteiger partial charge in [0, 0.05) is 19.2 Å². The summed E-state index contributed by atoms with van der Waals surface area (Å²) in [6.45, 7) is 0.555. The zero-order valence-corrected chi connectivity index (χ0v) is 9.95. The first-order valence-corrected chi connectivity index (χ1v) is 5.84. The van der Waals surface area contributed by atoms with Gasteiger partial charge in [-0.2, -0.15) is 5.10 Å². The molecule has 3 rings (SSSR count). The van der Waals surface area contributed by atoms with Crippen LogP contribution in [0.25, 0.3) is 5.82 Å². The molecule has 96 valence electrons. The van der Waals surface area contributed by atoms with Crippen LogP contribution in [0.1, 0.15) is 16.1 Å². The molecule has 3 heterocycles. The molecule has 0 saturated heterocycles. The van der Waals surface area contributed by atoms with E-state index in [1.165, 1.54) is 24.5 Å². The standard InChI is InChI=1S/C11H11BN4O3/c17-11-8-6-15-16(9(8)2-4-14-11)10-5-7(12(18)19)1-3-13-10/h1,3,5-6,18-19H,2,4H2,(H,14,17). The van der Waals surface area contributed by atoms with Crippen molar-refractivity contribution in [2.24, 2.45) is 0 Å². The zero-order valence-electron chi connectivity index (χ0n) is 9.95. The number of nitrogens with zero attached hydrogens (tertiary/aromatic N) is 3. The van der Waals surface area contributed by atoms with Gasteiger partial charge in [0.1, 0.15) is 0 Å². The predicted octanol–water partition coefficient (Wildman–Crippen LogP) is -1.77. The molecule has 0 aliphatic carbocycles. The summed E-state index contributed by atoms with van der Waals surface area (Å²) in [6, 6.07) is 3.04. The molecule has 3 N–H and O–H groups in total. The molecule has 2 aromatic rings. The number of rotatable bonds is 2. The number of aromatic nitrogens is 3. The molecule has 0 radical (unpaired) electrons. The SMILES string of the molecule is O=C1NCCc2c1cnn2-c1cc(B(O)O)ccn1. The summed E-state index contributed by atoms with van der Waals surface area (Å²) in [7, 11) is -1.56. The van der Waals surface area contributed by atoms with E-state index in [9.17, 15) is 4.79 Å². The molecule has 8 heteroatoms. The summed E-state index contributed by atoms with van der Waals surface area (Å²) < 4.78 is 1.56. The zero-order chi connectivity index (χ0) is 13.4. The van der Waals surface area contributed by atoms with Crippen molar-refractivity contribution in [1.29, 1.82) is 0 Å². The van der Waals surface area contributed by atoms with Gasteiger partial charge in [-0.3, -0.25) is 4.79 Å². The van der Waals surface area contributed by atoms with Gasteiger partial charge in [-0.15, -0.1) is 0 Å². The van der Waals surface area contributed by atoms with Crippen molar-refractivity contribution in [3.63, 3.8) is 0 Å². The summed E-state index contributed by atoms with van der Waals surface area (Å²) in [4.78, 5) is 15.8. The summed E-state index contributed by atoms with van der Waals surface area (Å²) in [5, 5.41) is 25.2. The highest BCUT2D eigenvalue weighted by Gasteiger charge is 2.23. The van der Waals surface area contributed by atoms with Crippen LogP contribution >= 0.6 is 0 Å². The number of pyridine rings is 1. The Balaban J connectivity index is 2.08. The Labute approximate surface area is 109 Å². The fourth-order valence-corrected chi connectivity index (χ4v) is 2.10. The third kappa shape index (κ3) is 2.00. The molecule has 0 fully saturated rings. The highest BCUT2D eigenvalue weighted by Crippen LogP contribution is 2.16. The number of hydrogen-bond donors (Lipinski definition) is 3. The summed E-state index contributed by atoms with van der Waals surface area (Å²) in [5.74, 6) is 0.312. The number of fused-ring (bicyclic) bond motifs is 1. The third-order valence-corrected chi connectivity index (χ3v) is 3.05. The van der Waals surface area contributed by atoms with Gasteiger partial charge in [-0.05, 0) is 17.6 Å². The highest BCUT2D eigenvalue weighted by molar-refractivity contribution is 6.58. The molecule has 0 saturated carbocycles. The summed E-state index contributed by atoms with van der Waals surface area (Å²) in [6.07, 6.45) is 3.63. The van der Waals surface area contributed by atoms with Gasteiger partial charge in [0.15, 0.2) is 5.82 Å². The molecular formula is C11H11BN4O3. The van der Waals surface area contributed by atoms with Gasteiger partial charge in [-0.1, -0.05) is 0 Å². The molecule has 0 bridgehead atoms. The van der Waals surface area contributed by atoms with Crippen LogP contribution in [0, 0.1) is 0 Å². The molecule has 1 amide bonds. The Hall–Kier alpha value is -2.19. The Kier molecular flexibility index (Phi) is 2.81. The smallest absolute Gasteiger partial charge is 0.423 e. The van der Waals surface area contributed by atoms with Crippen molar-refractivity contribution in [3.05, 3.63) is 35.8 Å². The first kappa shape index (κ1) is 11.9. The average molecular weight is 258 g/mol. The fourth-order valence-electron chi connectivity index (χ4n) is 2.10. The maximum Gasteiger partial charge on any atom is 0.488 e. The summed E-state index contributed by atoms with van der Waals surface area (Å²) >= 11 is 0. The minimum Gasteiger partial charge on any atom is -0.423 e. The van der Waals surface area contributed by atoms with Crippen LogP contribution in [0.5, 0.6) is 0 Å². The molecule has 19 heavy (non-hydrogen) atoms. The van der Waals surface area contributed by atoms with Crippen LogP contribution in [-0.2, 0) is 6.42 Å². The molecule has 0 spiro atoms. The van der Waals surface area contributed by atoms with Gasteiger partial charge in [0.2, 0.25) is 0 Å². The first-order valence-electron chi connectivity index (χ1n) is 5.84. The van der Waals surface area contributed by atoms with Crippen molar-refractivity contribution in [2.45, 2.75) is 6.42 Å². The normalized spacial score (nSPS) is 13.9. The Bertz CT molecular complexity index is 641. The van der Waals surface area contributed by atoms with E-state index in [-0.39, 0.29) is 5.91 Å². The fraction of sp³-hybridized carbons (Fsp3) is 0.182. The van der Waals surface area contributed by atoms with E-state index in [1.807, 2.05) is 0 Å². The number of hydrogen-bond acceptors (Lipinski definition) is 5. The average Bonchev–Trinajstić information content (AvgIpc) is 2.84. The molecule has 0 atom stereocenters. The van der Waals surface area contributed by atoms with E-state index < -0.39 is 7.12 Å². The second-order valence-corrected chi connectivity index (χ2v) is 4.24. The van der Waals surface area contributed by atoms with Crippen LogP contribution in [0.15, 0.2) is 24.5 Å². The van der Waals surface area contributed by atoms with E-state index in [2.05, 4.69) is 15.4 Å². The molecule has 0 unspecified atom stereocenters. The number of carbonyl (C=O) groups is 1. The maximum atomic E-state index is 11.6. The molecule has 7 nitrogen and oxygen atoms in total. The van der Waals surface area contributed by atoms with E-state index in [4.69, 9.17) is 10.0 Å². The Morgan fingerprint density at radius 1 is 1.42 bits per heavy atom. The lowest BCUT2D eigenvalue weighted by Gasteiger charge is -2.14. The van der Waals surface area contributed by atoms with Crippen LogP contribution in [-0.4, -0.2) is 44.4 Å².